The lowest BCUT2D eigenvalue weighted by molar-refractivity contribution is -0.274. The number of hydrogen-bond acceptors (Lipinski definition) is 5. The van der Waals surface area contributed by atoms with Crippen molar-refractivity contribution >= 4 is 69.2 Å². The Morgan fingerprint density at radius 2 is 1.76 bits per heavy atom. The quantitative estimate of drug-likeness (QED) is 0.493. The molecule has 3 heterocycles. The molecule has 2 aliphatic rings. The van der Waals surface area contributed by atoms with Crippen LogP contribution in [0.4, 0.5) is 13.2 Å². The van der Waals surface area contributed by atoms with Crippen LogP contribution in [-0.2, 0) is 23.3 Å². The van der Waals surface area contributed by atoms with Crippen molar-refractivity contribution in [2.45, 2.75) is 43.9 Å². The van der Waals surface area contributed by atoms with Crippen LogP contribution in [0.5, 0.6) is 0 Å². The molecule has 1 aliphatic carbocycles. The highest BCUT2D eigenvalue weighted by atomic mass is 35.5. The van der Waals surface area contributed by atoms with E-state index in [2.05, 4.69) is 5.16 Å². The van der Waals surface area contributed by atoms with Gasteiger partial charge in [0.15, 0.2) is 0 Å². The molecule has 0 fully saturated rings. The number of fused-ring (bicyclic) bond motifs is 1. The second kappa shape index (κ2) is 7.30. The second-order valence-electron chi connectivity index (χ2n) is 6.69. The summed E-state index contributed by atoms with van der Waals surface area (Å²) in [5.74, 6) is -1.10. The van der Waals surface area contributed by atoms with Crippen molar-refractivity contribution in [1.29, 1.82) is 0 Å². The molecule has 1 unspecified atom stereocenters. The Bertz CT molecular complexity index is 1050. The number of hydrogen-bond donors (Lipinski definition) is 1. The molecule has 1 atom stereocenters. The van der Waals surface area contributed by atoms with Crippen molar-refractivity contribution in [3.8, 4) is 0 Å². The number of aromatic carboxylic acids is 1. The highest BCUT2D eigenvalue weighted by molar-refractivity contribution is 7.18. The summed E-state index contributed by atoms with van der Waals surface area (Å²) in [6, 6.07) is 0. The summed E-state index contributed by atoms with van der Waals surface area (Å²) in [6.07, 6.45) is -2.67. The van der Waals surface area contributed by atoms with Crippen molar-refractivity contribution in [2.24, 2.45) is 5.16 Å². The number of nitrogens with zero attached hydrogens (tertiary/aromatic N) is 1. The van der Waals surface area contributed by atoms with E-state index in [1.807, 2.05) is 0 Å². The minimum atomic E-state index is -4.85. The highest BCUT2D eigenvalue weighted by Crippen LogP contribution is 2.56. The van der Waals surface area contributed by atoms with Crippen molar-refractivity contribution in [3.63, 3.8) is 0 Å². The molecule has 4 rings (SSSR count). The minimum Gasteiger partial charge on any atom is -0.477 e. The second-order valence-corrected chi connectivity index (χ2v) is 10.1. The Kier molecular flexibility index (Phi) is 5.35. The molecule has 2 aromatic rings. The van der Waals surface area contributed by atoms with Gasteiger partial charge in [0, 0.05) is 0 Å². The lowest BCUT2D eigenvalue weighted by atomic mass is 9.88. The summed E-state index contributed by atoms with van der Waals surface area (Å²) in [7, 11) is 0. The topological polar surface area (TPSA) is 58.9 Å². The lowest BCUT2D eigenvalue weighted by Gasteiger charge is -2.28. The molecule has 12 heteroatoms. The molecule has 0 saturated heterocycles. The average molecular weight is 505 g/mol. The predicted octanol–water partition coefficient (Wildman–Crippen LogP) is 6.93. The molecule has 0 saturated carbocycles. The first-order valence-corrected chi connectivity index (χ1v) is 11.2. The third kappa shape index (κ3) is 3.26. The molecular formula is C17H11Cl3F3NO3S2. The van der Waals surface area contributed by atoms with Crippen molar-refractivity contribution in [3.05, 3.63) is 40.1 Å². The van der Waals surface area contributed by atoms with E-state index in [-0.39, 0.29) is 29.8 Å². The molecular weight excluding hydrogens is 494 g/mol. The zero-order valence-corrected chi connectivity index (χ0v) is 18.2. The van der Waals surface area contributed by atoms with Crippen LogP contribution in [0.1, 0.15) is 49.8 Å². The van der Waals surface area contributed by atoms with Crippen molar-refractivity contribution < 1.29 is 27.9 Å². The fourth-order valence-electron chi connectivity index (χ4n) is 3.62. The Labute approximate surface area is 185 Å². The molecule has 4 nitrogen and oxygen atoms in total. The zero-order valence-electron chi connectivity index (χ0n) is 14.3. The van der Waals surface area contributed by atoms with Gasteiger partial charge >= 0.3 is 12.1 Å². The van der Waals surface area contributed by atoms with Crippen molar-refractivity contribution in [2.75, 3.05) is 0 Å². The first-order valence-electron chi connectivity index (χ1n) is 8.40. The number of carboxylic acids is 1. The Hall–Kier alpha value is -1.00. The van der Waals surface area contributed by atoms with Gasteiger partial charge in [0.1, 0.15) is 14.9 Å². The molecule has 0 spiro atoms. The van der Waals surface area contributed by atoms with Crippen LogP contribution in [0.15, 0.2) is 5.16 Å². The third-order valence-electron chi connectivity index (χ3n) is 4.99. The summed E-state index contributed by atoms with van der Waals surface area (Å²) in [4.78, 5) is 16.8. The van der Waals surface area contributed by atoms with Gasteiger partial charge in [-0.15, -0.1) is 22.7 Å². The van der Waals surface area contributed by atoms with E-state index in [0.717, 1.165) is 29.7 Å². The molecule has 0 bridgehead atoms. The maximum atomic E-state index is 14.2. The van der Waals surface area contributed by atoms with Crippen molar-refractivity contribution in [1.82, 2.24) is 0 Å². The van der Waals surface area contributed by atoms with E-state index in [1.165, 1.54) is 0 Å². The smallest absolute Gasteiger partial charge is 0.436 e. The molecule has 1 N–H and O–H groups in total. The largest absolute Gasteiger partial charge is 0.477 e. The summed E-state index contributed by atoms with van der Waals surface area (Å²) < 4.78 is 42.4. The first kappa shape index (κ1) is 21.2. The van der Waals surface area contributed by atoms with Gasteiger partial charge in [-0.1, -0.05) is 40.0 Å². The van der Waals surface area contributed by atoms with Crippen LogP contribution in [0, 0.1) is 0 Å². The van der Waals surface area contributed by atoms with Gasteiger partial charge in [0.25, 0.3) is 5.60 Å². The molecule has 0 aromatic carbocycles. The van der Waals surface area contributed by atoms with E-state index >= 15 is 0 Å². The number of thiophene rings is 2. The number of halogens is 6. The number of oxime groups is 1. The van der Waals surface area contributed by atoms with Gasteiger partial charge < -0.3 is 9.94 Å². The monoisotopic (exact) mass is 503 g/mol. The average Bonchev–Trinajstić information content (AvgIpc) is 3.32. The molecule has 156 valence electrons. The van der Waals surface area contributed by atoms with Gasteiger partial charge in [-0.3, -0.25) is 0 Å². The number of alkyl halides is 3. The number of carboxylic acid groups (broad SMARTS) is 1. The molecule has 29 heavy (non-hydrogen) atoms. The standard InChI is InChI=1S/C17H11Cl3F3NO3S2/c18-9-10(19)14(20)29-13(9)16(17(21,22)23)5-8(24-27-16)11-6-3-1-2-4-7(6)12(28-11)15(25)26/h1-5H2,(H,25,26). The van der Waals surface area contributed by atoms with Crippen LogP contribution in [0.25, 0.3) is 0 Å². The van der Waals surface area contributed by atoms with Crippen LogP contribution in [0.2, 0.25) is 14.4 Å². The zero-order chi connectivity index (χ0) is 21.1. The third-order valence-corrected chi connectivity index (χ3v) is 9.01. The van der Waals surface area contributed by atoms with Crippen LogP contribution in [-0.4, -0.2) is 23.0 Å². The first-order chi connectivity index (χ1) is 13.6. The lowest BCUT2D eigenvalue weighted by Crippen LogP contribution is -2.42. The van der Waals surface area contributed by atoms with Crippen LogP contribution >= 0.6 is 57.5 Å². The van der Waals surface area contributed by atoms with Gasteiger partial charge in [-0.25, -0.2) is 4.79 Å². The maximum Gasteiger partial charge on any atom is 0.436 e. The van der Waals surface area contributed by atoms with E-state index in [9.17, 15) is 23.1 Å². The van der Waals surface area contributed by atoms with E-state index in [4.69, 9.17) is 39.6 Å². The maximum absolute atomic E-state index is 14.2. The Morgan fingerprint density at radius 3 is 2.31 bits per heavy atom. The van der Waals surface area contributed by atoms with Crippen LogP contribution < -0.4 is 0 Å². The van der Waals surface area contributed by atoms with E-state index < -0.39 is 24.2 Å². The summed E-state index contributed by atoms with van der Waals surface area (Å²) in [6.45, 7) is 0. The normalized spacial score (nSPS) is 21.7. The Morgan fingerprint density at radius 1 is 1.10 bits per heavy atom. The van der Waals surface area contributed by atoms with Crippen LogP contribution in [0.3, 0.4) is 0 Å². The molecule has 2 aromatic heterocycles. The fourth-order valence-corrected chi connectivity index (χ4v) is 6.85. The predicted molar refractivity (Wildman–Crippen MR) is 107 cm³/mol. The fraction of sp³-hybridized carbons (Fsp3) is 0.412. The SMILES string of the molecule is O=C(O)c1sc(C2=NOC(c3sc(Cl)c(Cl)c3Cl)(C(F)(F)F)C2)c2c1CCCC2. The number of carbonyl (C=O) groups is 1. The molecule has 1 aliphatic heterocycles. The minimum absolute atomic E-state index is 0.0506. The van der Waals surface area contributed by atoms with Gasteiger partial charge in [0.2, 0.25) is 0 Å². The van der Waals surface area contributed by atoms with Gasteiger partial charge in [-0.2, -0.15) is 13.2 Å². The molecule has 0 amide bonds. The Balaban J connectivity index is 1.80. The van der Waals surface area contributed by atoms with E-state index in [1.54, 1.807) is 0 Å². The summed E-state index contributed by atoms with van der Waals surface area (Å²) >= 11 is 19.4. The van der Waals surface area contributed by atoms with E-state index in [0.29, 0.717) is 34.6 Å². The number of rotatable bonds is 3. The highest BCUT2D eigenvalue weighted by Gasteiger charge is 2.64. The van der Waals surface area contributed by atoms with Gasteiger partial charge in [-0.05, 0) is 36.8 Å². The van der Waals surface area contributed by atoms with Gasteiger partial charge in [0.05, 0.1) is 26.2 Å². The summed E-state index contributed by atoms with van der Waals surface area (Å²) in [5, 5.41) is 12.7. The molecule has 0 radical (unpaired) electrons. The summed E-state index contributed by atoms with van der Waals surface area (Å²) in [5.41, 5.74) is -1.35.